The van der Waals surface area contributed by atoms with Crippen molar-refractivity contribution in [3.05, 3.63) is 47.3 Å². The van der Waals surface area contributed by atoms with E-state index in [9.17, 15) is 9.59 Å². The summed E-state index contributed by atoms with van der Waals surface area (Å²) in [5.41, 5.74) is 2.01. The van der Waals surface area contributed by atoms with Gasteiger partial charge in [-0.05, 0) is 54.7 Å². The van der Waals surface area contributed by atoms with Crippen LogP contribution < -0.4 is 0 Å². The second-order valence-corrected chi connectivity index (χ2v) is 9.69. The first-order valence-corrected chi connectivity index (χ1v) is 11.5. The number of thiophene rings is 1. The number of piperidine rings is 1. The summed E-state index contributed by atoms with van der Waals surface area (Å²) in [5.74, 6) is 0.724. The van der Waals surface area contributed by atoms with E-state index in [2.05, 4.69) is 41.8 Å². The van der Waals surface area contributed by atoms with Gasteiger partial charge in [-0.15, -0.1) is 11.3 Å². The first-order chi connectivity index (χ1) is 14.0. The number of benzene rings is 1. The molecule has 1 saturated heterocycles. The van der Waals surface area contributed by atoms with Crippen molar-refractivity contribution in [2.45, 2.75) is 38.5 Å². The van der Waals surface area contributed by atoms with Gasteiger partial charge in [-0.25, -0.2) is 0 Å². The fourth-order valence-electron chi connectivity index (χ4n) is 4.72. The van der Waals surface area contributed by atoms with E-state index in [1.165, 1.54) is 22.4 Å². The number of likely N-dealkylation sites (tertiary alicyclic amines) is 1. The van der Waals surface area contributed by atoms with Crippen LogP contribution >= 0.6 is 11.3 Å². The zero-order chi connectivity index (χ0) is 20.4. The Balaban J connectivity index is 1.58. The molecule has 0 radical (unpaired) electrons. The van der Waals surface area contributed by atoms with Gasteiger partial charge in [0.25, 0.3) is 0 Å². The van der Waals surface area contributed by atoms with E-state index in [0.717, 1.165) is 32.1 Å². The van der Waals surface area contributed by atoms with Crippen molar-refractivity contribution in [2.24, 2.45) is 11.3 Å². The van der Waals surface area contributed by atoms with Crippen LogP contribution in [-0.4, -0.2) is 48.8 Å². The maximum atomic E-state index is 13.3. The van der Waals surface area contributed by atoms with Crippen LogP contribution in [0.2, 0.25) is 0 Å². The number of hydrogen-bond acceptors (Lipinski definition) is 3. The van der Waals surface area contributed by atoms with Crippen LogP contribution in [0.25, 0.3) is 10.4 Å². The molecule has 2 fully saturated rings. The highest BCUT2D eigenvalue weighted by Crippen LogP contribution is 2.41. The largest absolute Gasteiger partial charge is 0.348 e. The molecule has 0 unspecified atom stereocenters. The van der Waals surface area contributed by atoms with Crippen LogP contribution in [-0.2, 0) is 16.0 Å². The molecule has 154 valence electrons. The quantitative estimate of drug-likeness (QED) is 0.730. The minimum absolute atomic E-state index is 0.189. The molecular weight excluding hydrogens is 380 g/mol. The minimum atomic E-state index is -0.437. The Bertz CT molecular complexity index is 863. The third-order valence-electron chi connectivity index (χ3n) is 6.68. The predicted octanol–water partition coefficient (Wildman–Crippen LogP) is 4.45. The zero-order valence-corrected chi connectivity index (χ0v) is 18.2. The number of carbonyl (C=O) groups is 2. The smallest absolute Gasteiger partial charge is 0.228 e. The number of carbonyl (C=O) groups excluding carboxylic acids is 2. The van der Waals surface area contributed by atoms with Gasteiger partial charge in [0, 0.05) is 38.0 Å². The summed E-state index contributed by atoms with van der Waals surface area (Å²) in [4.78, 5) is 31.0. The molecule has 4 rings (SSSR count). The summed E-state index contributed by atoms with van der Waals surface area (Å²) in [6.45, 7) is 1.38. The molecule has 2 aliphatic rings. The molecule has 1 saturated carbocycles. The summed E-state index contributed by atoms with van der Waals surface area (Å²) in [6, 6.07) is 12.7. The van der Waals surface area contributed by atoms with Crippen molar-refractivity contribution in [1.29, 1.82) is 0 Å². The van der Waals surface area contributed by atoms with Crippen molar-refractivity contribution in [1.82, 2.24) is 9.80 Å². The van der Waals surface area contributed by atoms with E-state index in [1.807, 2.05) is 19.0 Å². The molecule has 1 aromatic carbocycles. The Hall–Kier alpha value is -2.14. The van der Waals surface area contributed by atoms with Gasteiger partial charge in [0.1, 0.15) is 0 Å². The summed E-state index contributed by atoms with van der Waals surface area (Å²) in [6.07, 6.45) is 5.44. The molecule has 0 spiro atoms. The van der Waals surface area contributed by atoms with E-state index in [1.54, 1.807) is 16.2 Å². The van der Waals surface area contributed by atoms with Crippen LogP contribution in [0.5, 0.6) is 0 Å². The van der Waals surface area contributed by atoms with E-state index in [4.69, 9.17) is 0 Å². The SMILES string of the molecule is CN(C)C(=O)C1(Cc2ccccc2-c2cccs2)CCN(C(=O)C2CCC2)CC1. The average molecular weight is 411 g/mol. The van der Waals surface area contributed by atoms with Crippen molar-refractivity contribution < 1.29 is 9.59 Å². The lowest BCUT2D eigenvalue weighted by atomic mass is 9.71. The molecular formula is C24H30N2O2S. The molecule has 2 aromatic rings. The van der Waals surface area contributed by atoms with Crippen molar-refractivity contribution >= 4 is 23.2 Å². The number of rotatable bonds is 5. The first-order valence-electron chi connectivity index (χ1n) is 10.6. The van der Waals surface area contributed by atoms with Crippen molar-refractivity contribution in [2.75, 3.05) is 27.2 Å². The normalized spacial score (nSPS) is 18.9. The molecule has 1 aliphatic carbocycles. The fraction of sp³-hybridized carbons (Fsp3) is 0.500. The molecule has 0 bridgehead atoms. The van der Waals surface area contributed by atoms with Crippen LogP contribution in [0.1, 0.15) is 37.7 Å². The summed E-state index contributed by atoms with van der Waals surface area (Å²) < 4.78 is 0. The predicted molar refractivity (Wildman–Crippen MR) is 118 cm³/mol. The van der Waals surface area contributed by atoms with Crippen LogP contribution in [0.4, 0.5) is 0 Å². The Morgan fingerprint density at radius 3 is 2.41 bits per heavy atom. The molecule has 0 atom stereocenters. The van der Waals surface area contributed by atoms with Gasteiger partial charge >= 0.3 is 0 Å². The lowest BCUT2D eigenvalue weighted by Gasteiger charge is -2.43. The first kappa shape index (κ1) is 20.1. The highest BCUT2D eigenvalue weighted by molar-refractivity contribution is 7.13. The third-order valence-corrected chi connectivity index (χ3v) is 7.58. The van der Waals surface area contributed by atoms with Crippen LogP contribution in [0.3, 0.4) is 0 Å². The summed E-state index contributed by atoms with van der Waals surface area (Å²) in [7, 11) is 3.70. The van der Waals surface area contributed by atoms with Crippen molar-refractivity contribution in [3.8, 4) is 10.4 Å². The lowest BCUT2D eigenvalue weighted by Crippen LogP contribution is -2.52. The van der Waals surface area contributed by atoms with E-state index in [-0.39, 0.29) is 11.8 Å². The van der Waals surface area contributed by atoms with Gasteiger partial charge in [-0.1, -0.05) is 36.8 Å². The molecule has 5 heteroatoms. The Morgan fingerprint density at radius 2 is 1.83 bits per heavy atom. The third kappa shape index (κ3) is 3.97. The zero-order valence-electron chi connectivity index (χ0n) is 17.4. The molecule has 2 heterocycles. The Labute approximate surface area is 177 Å². The number of nitrogens with zero attached hydrogens (tertiary/aromatic N) is 2. The Morgan fingerprint density at radius 1 is 1.10 bits per heavy atom. The van der Waals surface area contributed by atoms with E-state index < -0.39 is 5.41 Å². The number of amides is 2. The van der Waals surface area contributed by atoms with Gasteiger partial charge in [0.05, 0.1) is 5.41 Å². The average Bonchev–Trinajstić information content (AvgIpc) is 3.21. The molecule has 1 aliphatic heterocycles. The maximum absolute atomic E-state index is 13.3. The second-order valence-electron chi connectivity index (χ2n) is 8.74. The highest BCUT2D eigenvalue weighted by atomic mass is 32.1. The van der Waals surface area contributed by atoms with Crippen LogP contribution in [0, 0.1) is 11.3 Å². The molecule has 4 nitrogen and oxygen atoms in total. The van der Waals surface area contributed by atoms with Gasteiger partial charge in [0.15, 0.2) is 0 Å². The molecule has 0 N–H and O–H groups in total. The monoisotopic (exact) mass is 410 g/mol. The van der Waals surface area contributed by atoms with Gasteiger partial charge in [0.2, 0.25) is 11.8 Å². The summed E-state index contributed by atoms with van der Waals surface area (Å²) >= 11 is 1.73. The van der Waals surface area contributed by atoms with Gasteiger partial charge in [-0.2, -0.15) is 0 Å². The standard InChI is InChI=1S/C24H30N2O2S/c1-25(2)23(28)24(12-14-26(15-13-24)22(27)18-8-5-9-18)17-19-7-3-4-10-20(19)21-11-6-16-29-21/h3-4,6-7,10-11,16,18H,5,8-9,12-15,17H2,1-2H3. The van der Waals surface area contributed by atoms with E-state index >= 15 is 0 Å². The fourth-order valence-corrected chi connectivity index (χ4v) is 5.51. The van der Waals surface area contributed by atoms with Crippen molar-refractivity contribution in [3.63, 3.8) is 0 Å². The topological polar surface area (TPSA) is 40.6 Å². The highest BCUT2D eigenvalue weighted by Gasteiger charge is 2.44. The van der Waals surface area contributed by atoms with E-state index in [0.29, 0.717) is 19.0 Å². The molecule has 1 aromatic heterocycles. The van der Waals surface area contributed by atoms with Gasteiger partial charge in [-0.3, -0.25) is 9.59 Å². The minimum Gasteiger partial charge on any atom is -0.348 e. The van der Waals surface area contributed by atoms with Gasteiger partial charge < -0.3 is 9.80 Å². The maximum Gasteiger partial charge on any atom is 0.228 e. The number of hydrogen-bond donors (Lipinski definition) is 0. The Kier molecular flexibility index (Phi) is 5.77. The molecule has 2 amide bonds. The second kappa shape index (κ2) is 8.31. The lowest BCUT2D eigenvalue weighted by molar-refractivity contribution is -0.148. The molecule has 29 heavy (non-hydrogen) atoms. The summed E-state index contributed by atoms with van der Waals surface area (Å²) in [5, 5.41) is 2.09. The van der Waals surface area contributed by atoms with Crippen LogP contribution in [0.15, 0.2) is 41.8 Å².